The van der Waals surface area contributed by atoms with Gasteiger partial charge in [-0.1, -0.05) is 29.8 Å². The van der Waals surface area contributed by atoms with Crippen LogP contribution in [0.15, 0.2) is 42.0 Å². The summed E-state index contributed by atoms with van der Waals surface area (Å²) in [6.45, 7) is 2.57. The SMILES string of the molecule is C1=C(CNc2ccccc2)CCOC1. The van der Waals surface area contributed by atoms with Crippen molar-refractivity contribution < 1.29 is 4.74 Å². The molecule has 1 heterocycles. The van der Waals surface area contributed by atoms with Gasteiger partial charge in [-0.15, -0.1) is 0 Å². The van der Waals surface area contributed by atoms with Crippen LogP contribution in [0.5, 0.6) is 0 Å². The lowest BCUT2D eigenvalue weighted by Gasteiger charge is -2.14. The van der Waals surface area contributed by atoms with Crippen LogP contribution in [0, 0.1) is 0 Å². The van der Waals surface area contributed by atoms with E-state index in [0.29, 0.717) is 0 Å². The van der Waals surface area contributed by atoms with Gasteiger partial charge in [0.15, 0.2) is 0 Å². The summed E-state index contributed by atoms with van der Waals surface area (Å²) >= 11 is 0. The number of hydrogen-bond acceptors (Lipinski definition) is 2. The topological polar surface area (TPSA) is 21.3 Å². The quantitative estimate of drug-likeness (QED) is 0.737. The summed E-state index contributed by atoms with van der Waals surface area (Å²) in [4.78, 5) is 0. The summed E-state index contributed by atoms with van der Waals surface area (Å²) < 4.78 is 5.25. The van der Waals surface area contributed by atoms with Crippen molar-refractivity contribution in [2.75, 3.05) is 25.1 Å². The number of para-hydroxylation sites is 1. The maximum Gasteiger partial charge on any atom is 0.0650 e. The molecule has 0 spiro atoms. The Morgan fingerprint density at radius 1 is 1.21 bits per heavy atom. The minimum absolute atomic E-state index is 0.770. The first kappa shape index (κ1) is 9.28. The first-order valence-corrected chi connectivity index (χ1v) is 5.00. The third-order valence-electron chi connectivity index (χ3n) is 2.35. The summed E-state index contributed by atoms with van der Waals surface area (Å²) in [6.07, 6.45) is 3.22. The number of benzene rings is 1. The van der Waals surface area contributed by atoms with E-state index < -0.39 is 0 Å². The van der Waals surface area contributed by atoms with E-state index in [2.05, 4.69) is 23.5 Å². The normalized spacial score (nSPS) is 16.1. The first-order valence-electron chi connectivity index (χ1n) is 5.00. The van der Waals surface area contributed by atoms with Crippen LogP contribution < -0.4 is 5.32 Å². The molecule has 74 valence electrons. The molecule has 14 heavy (non-hydrogen) atoms. The van der Waals surface area contributed by atoms with Crippen molar-refractivity contribution in [3.8, 4) is 0 Å². The molecule has 0 unspecified atom stereocenters. The van der Waals surface area contributed by atoms with Gasteiger partial charge in [-0.25, -0.2) is 0 Å². The van der Waals surface area contributed by atoms with Crippen LogP contribution >= 0.6 is 0 Å². The molecule has 0 saturated heterocycles. The van der Waals surface area contributed by atoms with Crippen LogP contribution in [0.3, 0.4) is 0 Å². The van der Waals surface area contributed by atoms with Gasteiger partial charge in [0.05, 0.1) is 13.2 Å². The molecular weight excluding hydrogens is 174 g/mol. The maximum absolute atomic E-state index is 5.25. The van der Waals surface area contributed by atoms with E-state index in [1.807, 2.05) is 18.2 Å². The average Bonchev–Trinajstić information content (AvgIpc) is 2.29. The number of anilines is 1. The van der Waals surface area contributed by atoms with E-state index in [4.69, 9.17) is 4.74 Å². The summed E-state index contributed by atoms with van der Waals surface area (Å²) in [5, 5.41) is 3.39. The number of hydrogen-bond donors (Lipinski definition) is 1. The first-order chi connectivity index (χ1) is 6.95. The Morgan fingerprint density at radius 2 is 2.07 bits per heavy atom. The molecule has 0 aromatic heterocycles. The fourth-order valence-corrected chi connectivity index (χ4v) is 1.50. The van der Waals surface area contributed by atoms with Gasteiger partial charge in [-0.3, -0.25) is 0 Å². The number of nitrogens with one attached hydrogen (secondary N) is 1. The van der Waals surface area contributed by atoms with Crippen LogP contribution in [0.2, 0.25) is 0 Å². The molecule has 0 radical (unpaired) electrons. The van der Waals surface area contributed by atoms with Gasteiger partial charge in [0.2, 0.25) is 0 Å². The van der Waals surface area contributed by atoms with Crippen LogP contribution in [0.25, 0.3) is 0 Å². The monoisotopic (exact) mass is 189 g/mol. The molecular formula is C12H15NO. The predicted molar refractivity (Wildman–Crippen MR) is 58.5 cm³/mol. The average molecular weight is 189 g/mol. The molecule has 1 aromatic rings. The highest BCUT2D eigenvalue weighted by atomic mass is 16.5. The van der Waals surface area contributed by atoms with Crippen molar-refractivity contribution >= 4 is 5.69 Å². The molecule has 1 aliphatic heterocycles. The maximum atomic E-state index is 5.25. The highest BCUT2D eigenvalue weighted by Crippen LogP contribution is 2.10. The molecule has 2 nitrogen and oxygen atoms in total. The lowest BCUT2D eigenvalue weighted by Crippen LogP contribution is -2.12. The van der Waals surface area contributed by atoms with E-state index in [9.17, 15) is 0 Å². The summed E-state index contributed by atoms with van der Waals surface area (Å²) in [6, 6.07) is 10.3. The smallest absolute Gasteiger partial charge is 0.0650 e. The lowest BCUT2D eigenvalue weighted by molar-refractivity contribution is 0.154. The second-order valence-electron chi connectivity index (χ2n) is 3.41. The second kappa shape index (κ2) is 4.82. The highest BCUT2D eigenvalue weighted by molar-refractivity contribution is 5.43. The molecule has 0 bridgehead atoms. The van der Waals surface area contributed by atoms with E-state index in [-0.39, 0.29) is 0 Å². The fourth-order valence-electron chi connectivity index (χ4n) is 1.50. The van der Waals surface area contributed by atoms with Crippen molar-refractivity contribution in [2.45, 2.75) is 6.42 Å². The lowest BCUT2D eigenvalue weighted by atomic mass is 10.1. The third kappa shape index (κ3) is 2.60. The third-order valence-corrected chi connectivity index (χ3v) is 2.35. The standard InChI is InChI=1S/C12H15NO/c1-2-4-12(5-3-1)13-10-11-6-8-14-9-7-11/h1-6,13H,7-10H2. The Labute approximate surface area is 84.6 Å². The molecule has 0 aliphatic carbocycles. The largest absolute Gasteiger partial charge is 0.381 e. The van der Waals surface area contributed by atoms with E-state index in [0.717, 1.165) is 26.2 Å². The van der Waals surface area contributed by atoms with Gasteiger partial charge in [0, 0.05) is 12.2 Å². The Balaban J connectivity index is 1.85. The molecule has 0 saturated carbocycles. The van der Waals surface area contributed by atoms with Gasteiger partial charge in [-0.2, -0.15) is 0 Å². The van der Waals surface area contributed by atoms with Gasteiger partial charge in [0.25, 0.3) is 0 Å². The predicted octanol–water partition coefficient (Wildman–Crippen LogP) is 2.45. The summed E-state index contributed by atoms with van der Waals surface area (Å²) in [5.41, 5.74) is 2.62. The Bertz CT molecular complexity index is 305. The second-order valence-corrected chi connectivity index (χ2v) is 3.41. The van der Waals surface area contributed by atoms with E-state index >= 15 is 0 Å². The van der Waals surface area contributed by atoms with Crippen molar-refractivity contribution in [1.29, 1.82) is 0 Å². The minimum atomic E-state index is 0.770. The molecule has 2 heteroatoms. The Kier molecular flexibility index (Phi) is 3.19. The number of ether oxygens (including phenoxy) is 1. The van der Waals surface area contributed by atoms with Gasteiger partial charge >= 0.3 is 0 Å². The summed E-state index contributed by atoms with van der Waals surface area (Å²) in [7, 11) is 0. The van der Waals surface area contributed by atoms with E-state index in [1.54, 1.807) is 0 Å². The molecule has 2 rings (SSSR count). The van der Waals surface area contributed by atoms with Crippen LogP contribution in [-0.2, 0) is 4.74 Å². The van der Waals surface area contributed by atoms with Crippen molar-refractivity contribution in [2.24, 2.45) is 0 Å². The summed E-state index contributed by atoms with van der Waals surface area (Å²) in [5.74, 6) is 0. The van der Waals surface area contributed by atoms with Crippen molar-refractivity contribution in [3.05, 3.63) is 42.0 Å². The fraction of sp³-hybridized carbons (Fsp3) is 0.333. The van der Waals surface area contributed by atoms with Crippen molar-refractivity contribution in [1.82, 2.24) is 0 Å². The zero-order valence-corrected chi connectivity index (χ0v) is 8.20. The highest BCUT2D eigenvalue weighted by Gasteiger charge is 2.02. The molecule has 1 aliphatic rings. The Hall–Kier alpha value is -1.28. The molecule has 0 fully saturated rings. The number of rotatable bonds is 3. The van der Waals surface area contributed by atoms with E-state index in [1.165, 1.54) is 11.3 Å². The molecule has 0 amide bonds. The zero-order chi connectivity index (χ0) is 9.64. The minimum Gasteiger partial charge on any atom is -0.381 e. The van der Waals surface area contributed by atoms with Crippen LogP contribution in [0.1, 0.15) is 6.42 Å². The van der Waals surface area contributed by atoms with Crippen LogP contribution in [-0.4, -0.2) is 19.8 Å². The molecule has 0 atom stereocenters. The van der Waals surface area contributed by atoms with Gasteiger partial charge in [-0.05, 0) is 18.6 Å². The molecule has 1 N–H and O–H groups in total. The Morgan fingerprint density at radius 3 is 2.79 bits per heavy atom. The molecule has 1 aromatic carbocycles. The van der Waals surface area contributed by atoms with Crippen LogP contribution in [0.4, 0.5) is 5.69 Å². The zero-order valence-electron chi connectivity index (χ0n) is 8.20. The van der Waals surface area contributed by atoms with Gasteiger partial charge < -0.3 is 10.1 Å². The van der Waals surface area contributed by atoms with Crippen molar-refractivity contribution in [3.63, 3.8) is 0 Å². The van der Waals surface area contributed by atoms with Gasteiger partial charge in [0.1, 0.15) is 0 Å².